The number of likely N-dealkylation sites (tertiary alicyclic amines) is 1. The van der Waals surface area contributed by atoms with E-state index >= 15 is 0 Å². The highest BCUT2D eigenvalue weighted by Crippen LogP contribution is 2.41. The van der Waals surface area contributed by atoms with E-state index in [0.717, 1.165) is 17.2 Å². The molecule has 1 atom stereocenters. The number of carbonyl (C=O) groups excluding carboxylic acids is 2. The summed E-state index contributed by atoms with van der Waals surface area (Å²) in [5, 5.41) is 11.2. The number of methoxy groups -OCH3 is 2. The smallest absolute Gasteiger partial charge is 0.295 e. The molecule has 0 saturated carbocycles. The van der Waals surface area contributed by atoms with E-state index in [1.54, 1.807) is 24.3 Å². The maximum absolute atomic E-state index is 14.1. The number of hydrogen-bond acceptors (Lipinski definition) is 6. The lowest BCUT2D eigenvalue weighted by Crippen LogP contribution is -2.32. The lowest BCUT2D eigenvalue weighted by Gasteiger charge is -2.25. The Morgan fingerprint density at radius 1 is 1.03 bits per heavy atom. The molecular weight excluding hydrogens is 477 g/mol. The van der Waals surface area contributed by atoms with Crippen LogP contribution in [0.15, 0.2) is 72.3 Å². The van der Waals surface area contributed by atoms with E-state index in [2.05, 4.69) is 0 Å². The van der Waals surface area contributed by atoms with Gasteiger partial charge in [0.25, 0.3) is 11.7 Å². The average Bonchev–Trinajstić information content (AvgIpc) is 3.16. The third-order valence-corrected chi connectivity index (χ3v) is 6.19. The molecule has 0 aliphatic carbocycles. The van der Waals surface area contributed by atoms with Crippen molar-refractivity contribution in [2.24, 2.45) is 0 Å². The number of aryl methyl sites for hydroxylation is 1. The van der Waals surface area contributed by atoms with Crippen LogP contribution in [-0.4, -0.2) is 49.1 Å². The Morgan fingerprint density at radius 2 is 1.78 bits per heavy atom. The summed E-state index contributed by atoms with van der Waals surface area (Å²) < 4.78 is 30.5. The lowest BCUT2D eigenvalue weighted by molar-refractivity contribution is -0.140. The number of amides is 1. The van der Waals surface area contributed by atoms with E-state index in [1.807, 2.05) is 31.2 Å². The van der Waals surface area contributed by atoms with Gasteiger partial charge in [0.1, 0.15) is 29.7 Å². The van der Waals surface area contributed by atoms with E-state index in [1.165, 1.54) is 31.3 Å². The number of benzene rings is 3. The van der Waals surface area contributed by atoms with Crippen LogP contribution in [0.1, 0.15) is 28.3 Å². The molecule has 7 nitrogen and oxygen atoms in total. The van der Waals surface area contributed by atoms with Gasteiger partial charge in [-0.1, -0.05) is 42.0 Å². The second kappa shape index (κ2) is 11.3. The van der Waals surface area contributed by atoms with Crippen molar-refractivity contribution < 1.29 is 33.3 Å². The fraction of sp³-hybridized carbons (Fsp3) is 0.241. The van der Waals surface area contributed by atoms with Gasteiger partial charge in [-0.3, -0.25) is 9.59 Å². The number of Topliss-reactive ketones (excluding diaryl/α,β-unsaturated/α-hetero) is 1. The minimum absolute atomic E-state index is 0.0241. The number of aliphatic hydroxyl groups excluding tert-OH is 1. The average molecular weight is 506 g/mol. The van der Waals surface area contributed by atoms with E-state index in [9.17, 15) is 19.1 Å². The molecule has 0 bridgehead atoms. The van der Waals surface area contributed by atoms with Crippen molar-refractivity contribution in [3.63, 3.8) is 0 Å². The first kappa shape index (κ1) is 25.9. The zero-order valence-electron chi connectivity index (χ0n) is 20.9. The molecule has 1 N–H and O–H groups in total. The van der Waals surface area contributed by atoms with Gasteiger partial charge in [0, 0.05) is 13.7 Å². The summed E-state index contributed by atoms with van der Waals surface area (Å²) in [6.07, 6.45) is 0. The minimum Gasteiger partial charge on any atom is -0.507 e. The van der Waals surface area contributed by atoms with Crippen molar-refractivity contribution >= 4 is 17.4 Å². The first-order valence-electron chi connectivity index (χ1n) is 11.7. The van der Waals surface area contributed by atoms with Crippen molar-refractivity contribution in [3.05, 3.63) is 100 Å². The maximum atomic E-state index is 14.1. The van der Waals surface area contributed by atoms with Gasteiger partial charge in [0.05, 0.1) is 30.9 Å². The van der Waals surface area contributed by atoms with E-state index in [0.29, 0.717) is 17.9 Å². The molecule has 1 unspecified atom stereocenters. The van der Waals surface area contributed by atoms with Crippen molar-refractivity contribution in [2.75, 3.05) is 27.4 Å². The van der Waals surface area contributed by atoms with Crippen LogP contribution >= 0.6 is 0 Å². The van der Waals surface area contributed by atoms with Crippen molar-refractivity contribution in [1.82, 2.24) is 4.90 Å². The quantitative estimate of drug-likeness (QED) is 0.256. The van der Waals surface area contributed by atoms with Gasteiger partial charge in [-0.2, -0.15) is 0 Å². The number of carbonyl (C=O) groups is 2. The highest BCUT2D eigenvalue weighted by Gasteiger charge is 2.46. The van der Waals surface area contributed by atoms with Gasteiger partial charge < -0.3 is 24.2 Å². The van der Waals surface area contributed by atoms with Crippen LogP contribution in [0.25, 0.3) is 5.76 Å². The Bertz CT molecular complexity index is 1330. The van der Waals surface area contributed by atoms with Crippen LogP contribution in [0.3, 0.4) is 0 Å². The molecule has 3 aromatic rings. The standard InChI is InChI=1S/C29H28FNO6/c1-18-7-9-19(10-8-18)17-37-22-6-4-5-20(15-22)26-25(28(33)29(34)31(26)13-14-35-2)27(32)23-16-21(30)11-12-24(23)36-3/h4-12,15-16,26,32H,13-14,17H2,1-3H3/b27-25+. The first-order chi connectivity index (χ1) is 17.8. The van der Waals surface area contributed by atoms with Crippen LogP contribution in [0, 0.1) is 12.7 Å². The molecule has 1 fully saturated rings. The van der Waals surface area contributed by atoms with Crippen molar-refractivity contribution in [3.8, 4) is 11.5 Å². The first-order valence-corrected chi connectivity index (χ1v) is 11.7. The minimum atomic E-state index is -0.939. The molecule has 192 valence electrons. The van der Waals surface area contributed by atoms with Gasteiger partial charge in [-0.15, -0.1) is 0 Å². The molecule has 1 amide bonds. The SMILES string of the molecule is COCCN1C(=O)C(=O)/C(=C(/O)c2cc(F)ccc2OC)C1c1cccc(OCc2ccc(C)cc2)c1. The van der Waals surface area contributed by atoms with Crippen molar-refractivity contribution in [2.45, 2.75) is 19.6 Å². The van der Waals surface area contributed by atoms with Crippen LogP contribution in [0.4, 0.5) is 4.39 Å². The van der Waals surface area contributed by atoms with E-state index in [-0.39, 0.29) is 30.0 Å². The van der Waals surface area contributed by atoms with Crippen LogP contribution in [0.2, 0.25) is 0 Å². The molecule has 3 aromatic carbocycles. The fourth-order valence-corrected chi connectivity index (χ4v) is 4.28. The molecule has 0 radical (unpaired) electrons. The third-order valence-electron chi connectivity index (χ3n) is 6.19. The van der Waals surface area contributed by atoms with Crippen LogP contribution < -0.4 is 9.47 Å². The summed E-state index contributed by atoms with van der Waals surface area (Å²) in [6, 6.07) is 17.6. The molecule has 1 saturated heterocycles. The number of hydrogen-bond donors (Lipinski definition) is 1. The summed E-state index contributed by atoms with van der Waals surface area (Å²) in [6.45, 7) is 2.62. The third kappa shape index (κ3) is 5.49. The Kier molecular flexibility index (Phi) is 7.89. The number of nitrogens with zero attached hydrogens (tertiary/aromatic N) is 1. The topological polar surface area (TPSA) is 85.3 Å². The predicted octanol–water partition coefficient (Wildman–Crippen LogP) is 4.79. The number of halogens is 1. The molecule has 8 heteroatoms. The zero-order valence-corrected chi connectivity index (χ0v) is 20.9. The number of ketones is 1. The van der Waals surface area contributed by atoms with E-state index < -0.39 is 29.3 Å². The Hall–Kier alpha value is -4.17. The largest absolute Gasteiger partial charge is 0.507 e. The molecule has 0 aromatic heterocycles. The zero-order chi connectivity index (χ0) is 26.5. The Balaban J connectivity index is 1.76. The van der Waals surface area contributed by atoms with Crippen LogP contribution in [-0.2, 0) is 20.9 Å². The summed E-state index contributed by atoms with van der Waals surface area (Å²) >= 11 is 0. The van der Waals surface area contributed by atoms with Crippen LogP contribution in [0.5, 0.6) is 11.5 Å². The van der Waals surface area contributed by atoms with E-state index in [4.69, 9.17) is 14.2 Å². The Morgan fingerprint density at radius 3 is 2.49 bits per heavy atom. The van der Waals surface area contributed by atoms with Crippen molar-refractivity contribution in [1.29, 1.82) is 0 Å². The molecule has 1 aliphatic heterocycles. The van der Waals surface area contributed by atoms with Gasteiger partial charge in [0.15, 0.2) is 0 Å². The number of aliphatic hydroxyl groups is 1. The van der Waals surface area contributed by atoms with Gasteiger partial charge >= 0.3 is 0 Å². The second-order valence-electron chi connectivity index (χ2n) is 8.68. The number of ether oxygens (including phenoxy) is 3. The summed E-state index contributed by atoms with van der Waals surface area (Å²) in [4.78, 5) is 27.5. The monoisotopic (exact) mass is 505 g/mol. The molecule has 1 heterocycles. The fourth-order valence-electron chi connectivity index (χ4n) is 4.28. The highest BCUT2D eigenvalue weighted by molar-refractivity contribution is 6.46. The van der Waals surface area contributed by atoms with Gasteiger partial charge in [0.2, 0.25) is 0 Å². The highest BCUT2D eigenvalue weighted by atomic mass is 19.1. The molecule has 1 aliphatic rings. The maximum Gasteiger partial charge on any atom is 0.295 e. The van der Waals surface area contributed by atoms with Gasteiger partial charge in [-0.25, -0.2) is 4.39 Å². The normalized spacial score (nSPS) is 16.8. The predicted molar refractivity (Wildman–Crippen MR) is 136 cm³/mol. The number of rotatable bonds is 9. The molecule has 4 rings (SSSR count). The summed E-state index contributed by atoms with van der Waals surface area (Å²) in [5.41, 5.74) is 2.49. The Labute approximate surface area is 214 Å². The lowest BCUT2D eigenvalue weighted by atomic mass is 9.94. The summed E-state index contributed by atoms with van der Waals surface area (Å²) in [5.74, 6) is -2.12. The second-order valence-corrected chi connectivity index (χ2v) is 8.68. The molecule has 37 heavy (non-hydrogen) atoms. The molecular formula is C29H28FNO6. The van der Waals surface area contributed by atoms with Gasteiger partial charge in [-0.05, 0) is 48.4 Å². The molecule has 0 spiro atoms. The summed E-state index contributed by atoms with van der Waals surface area (Å²) in [7, 11) is 2.86.